The fourth-order valence-electron chi connectivity index (χ4n) is 6.18. The molecule has 0 saturated carbocycles. The van der Waals surface area contributed by atoms with Crippen LogP contribution in [0.25, 0.3) is 100 Å². The highest BCUT2D eigenvalue weighted by atomic mass is 16.4. The highest BCUT2D eigenvalue weighted by Gasteiger charge is 2.16. The minimum absolute atomic E-state index is 0.533. The lowest BCUT2D eigenvalue weighted by molar-refractivity contribution is 0.618. The van der Waals surface area contributed by atoms with Crippen molar-refractivity contribution in [3.8, 4) is 34.0 Å². The van der Waals surface area contributed by atoms with Crippen LogP contribution in [0.2, 0.25) is 0 Å². The van der Waals surface area contributed by atoms with Crippen molar-refractivity contribution in [2.24, 2.45) is 0 Å². The molecule has 6 heteroatoms. The van der Waals surface area contributed by atoms with Crippen LogP contribution in [0.4, 0.5) is 0 Å². The summed E-state index contributed by atoms with van der Waals surface area (Å²) < 4.78 is 24.3. The fraction of sp³-hybridized carbons (Fsp3) is 0. The zero-order valence-corrected chi connectivity index (χ0v) is 23.1. The Hall–Kier alpha value is -6.14. The van der Waals surface area contributed by atoms with Gasteiger partial charge in [0.15, 0.2) is 11.2 Å². The zero-order chi connectivity index (χ0) is 28.8. The first-order valence-electron chi connectivity index (χ1n) is 14.4. The number of rotatable bonds is 3. The van der Waals surface area contributed by atoms with Gasteiger partial charge < -0.3 is 17.7 Å². The molecule has 206 valence electrons. The molecule has 4 aromatic heterocycles. The van der Waals surface area contributed by atoms with Crippen molar-refractivity contribution in [1.29, 1.82) is 0 Å². The molecular weight excluding hydrogens is 548 g/mol. The van der Waals surface area contributed by atoms with E-state index >= 15 is 0 Å². The molecule has 0 unspecified atom stereocenters. The predicted molar refractivity (Wildman–Crippen MR) is 172 cm³/mol. The van der Waals surface area contributed by atoms with E-state index in [1.54, 1.807) is 0 Å². The molecule has 0 atom stereocenters. The second-order valence-corrected chi connectivity index (χ2v) is 11.0. The molecule has 4 heterocycles. The van der Waals surface area contributed by atoms with Crippen LogP contribution in [0.15, 0.2) is 139 Å². The van der Waals surface area contributed by atoms with Gasteiger partial charge in [-0.15, -0.1) is 0 Å². The van der Waals surface area contributed by atoms with E-state index in [-0.39, 0.29) is 0 Å². The van der Waals surface area contributed by atoms with Crippen molar-refractivity contribution in [2.45, 2.75) is 0 Å². The molecule has 0 amide bonds. The number of oxazole rings is 2. The van der Waals surface area contributed by atoms with Crippen LogP contribution in [0.5, 0.6) is 0 Å². The highest BCUT2D eigenvalue weighted by Crippen LogP contribution is 2.36. The highest BCUT2D eigenvalue weighted by molar-refractivity contribution is 6.07. The number of hydrogen-bond donors (Lipinski definition) is 0. The molecular formula is C38H20N2O4. The Morgan fingerprint density at radius 2 is 0.727 bits per heavy atom. The molecule has 0 saturated heterocycles. The number of aromatic nitrogens is 2. The van der Waals surface area contributed by atoms with E-state index in [1.807, 2.05) is 78.9 Å². The Kier molecular flexibility index (Phi) is 4.63. The van der Waals surface area contributed by atoms with Crippen molar-refractivity contribution in [1.82, 2.24) is 9.97 Å². The lowest BCUT2D eigenvalue weighted by Gasteiger charge is -2.01. The summed E-state index contributed by atoms with van der Waals surface area (Å²) in [7, 11) is 0. The molecule has 10 aromatic rings. The standard InChI is InChI=1S/C38H20N2O4/c1-3-7-31-25(5-1)27-17-21(9-13-33(27)41-31)22-10-15-35-29(19-22)39-38(44-35)24-12-16-36-30(20-24)40-37(43-36)23-11-14-34-28(18-23)26-6-2-4-8-32(26)42-34/h1-20H. The second-order valence-electron chi connectivity index (χ2n) is 11.0. The van der Waals surface area contributed by atoms with Gasteiger partial charge in [-0.1, -0.05) is 48.5 Å². The number of fused-ring (bicyclic) bond motifs is 8. The van der Waals surface area contributed by atoms with Gasteiger partial charge in [-0.25, -0.2) is 9.97 Å². The van der Waals surface area contributed by atoms with Crippen LogP contribution in [0.3, 0.4) is 0 Å². The van der Waals surface area contributed by atoms with Gasteiger partial charge in [-0.05, 0) is 83.9 Å². The van der Waals surface area contributed by atoms with Crippen LogP contribution in [-0.2, 0) is 0 Å². The van der Waals surface area contributed by atoms with Gasteiger partial charge in [0.1, 0.15) is 33.4 Å². The van der Waals surface area contributed by atoms with Crippen molar-refractivity contribution >= 4 is 66.1 Å². The van der Waals surface area contributed by atoms with E-state index in [0.717, 1.165) is 82.7 Å². The molecule has 6 nitrogen and oxygen atoms in total. The van der Waals surface area contributed by atoms with Gasteiger partial charge in [0.25, 0.3) is 0 Å². The summed E-state index contributed by atoms with van der Waals surface area (Å²) in [6.07, 6.45) is 0. The maximum absolute atomic E-state index is 6.19. The number of benzene rings is 6. The SMILES string of the molecule is c1ccc2c(c1)oc1ccc(-c3ccc4oc(-c5ccc6oc(-c7ccc8oc9ccccc9c8c7)nc6c5)nc4c3)cc12. The third-order valence-electron chi connectivity index (χ3n) is 8.36. The maximum atomic E-state index is 6.19. The number of hydrogen-bond acceptors (Lipinski definition) is 6. The lowest BCUT2D eigenvalue weighted by atomic mass is 10.0. The third kappa shape index (κ3) is 3.48. The Bertz CT molecular complexity index is 2630. The quantitative estimate of drug-likeness (QED) is 0.211. The summed E-state index contributed by atoms with van der Waals surface area (Å²) in [5.74, 6) is 1.08. The van der Waals surface area contributed by atoms with E-state index in [4.69, 9.17) is 27.6 Å². The van der Waals surface area contributed by atoms with Crippen molar-refractivity contribution in [3.05, 3.63) is 121 Å². The normalized spacial score (nSPS) is 12.1. The monoisotopic (exact) mass is 568 g/mol. The van der Waals surface area contributed by atoms with Gasteiger partial charge >= 0.3 is 0 Å². The molecule has 0 fully saturated rings. The summed E-state index contributed by atoms with van der Waals surface area (Å²) in [6.45, 7) is 0. The second kappa shape index (κ2) is 8.69. The Morgan fingerprint density at radius 1 is 0.318 bits per heavy atom. The van der Waals surface area contributed by atoms with Crippen molar-refractivity contribution < 1.29 is 17.7 Å². The smallest absolute Gasteiger partial charge is 0.227 e. The van der Waals surface area contributed by atoms with Gasteiger partial charge in [0, 0.05) is 32.7 Å². The van der Waals surface area contributed by atoms with Gasteiger partial charge in [-0.2, -0.15) is 0 Å². The number of para-hydroxylation sites is 2. The topological polar surface area (TPSA) is 78.3 Å². The summed E-state index contributed by atoms with van der Waals surface area (Å²) >= 11 is 0. The molecule has 0 radical (unpaired) electrons. The van der Waals surface area contributed by atoms with Crippen LogP contribution in [-0.4, -0.2) is 9.97 Å². The average Bonchev–Trinajstić information content (AvgIpc) is 3.85. The first-order valence-corrected chi connectivity index (χ1v) is 14.4. The molecule has 0 N–H and O–H groups in total. The molecule has 0 aliphatic carbocycles. The summed E-state index contributed by atoms with van der Waals surface area (Å²) in [4.78, 5) is 9.66. The molecule has 6 aromatic carbocycles. The van der Waals surface area contributed by atoms with Crippen molar-refractivity contribution in [3.63, 3.8) is 0 Å². The zero-order valence-electron chi connectivity index (χ0n) is 23.1. The van der Waals surface area contributed by atoms with E-state index in [9.17, 15) is 0 Å². The molecule has 10 rings (SSSR count). The first-order chi connectivity index (χ1) is 21.7. The van der Waals surface area contributed by atoms with Gasteiger partial charge in [-0.3, -0.25) is 0 Å². The summed E-state index contributed by atoms with van der Waals surface area (Å²) in [6, 6.07) is 40.3. The first kappa shape index (κ1) is 23.4. The van der Waals surface area contributed by atoms with Crippen molar-refractivity contribution in [2.75, 3.05) is 0 Å². The van der Waals surface area contributed by atoms with Crippen LogP contribution >= 0.6 is 0 Å². The third-order valence-corrected chi connectivity index (χ3v) is 8.36. The van der Waals surface area contributed by atoms with Gasteiger partial charge in [0.05, 0.1) is 0 Å². The summed E-state index contributed by atoms with van der Waals surface area (Å²) in [5.41, 5.74) is 10.3. The molecule has 0 spiro atoms. The van der Waals surface area contributed by atoms with E-state index in [2.05, 4.69) is 42.5 Å². The largest absolute Gasteiger partial charge is 0.456 e. The Balaban J connectivity index is 1.01. The Morgan fingerprint density at radius 3 is 1.32 bits per heavy atom. The van der Waals surface area contributed by atoms with E-state index in [0.29, 0.717) is 17.4 Å². The number of nitrogens with zero attached hydrogens (tertiary/aromatic N) is 2. The van der Waals surface area contributed by atoms with Gasteiger partial charge in [0.2, 0.25) is 11.8 Å². The predicted octanol–water partition coefficient (Wildman–Crippen LogP) is 10.8. The molecule has 0 bridgehead atoms. The maximum Gasteiger partial charge on any atom is 0.227 e. The molecule has 44 heavy (non-hydrogen) atoms. The molecule has 0 aliphatic rings. The minimum atomic E-state index is 0.533. The minimum Gasteiger partial charge on any atom is -0.456 e. The average molecular weight is 569 g/mol. The lowest BCUT2D eigenvalue weighted by Crippen LogP contribution is -1.79. The Labute approximate surface area is 248 Å². The fourth-order valence-corrected chi connectivity index (χ4v) is 6.18. The molecule has 0 aliphatic heterocycles. The van der Waals surface area contributed by atoms with E-state index < -0.39 is 0 Å². The number of furan rings is 2. The van der Waals surface area contributed by atoms with Crippen LogP contribution in [0, 0.1) is 0 Å². The van der Waals surface area contributed by atoms with Crippen LogP contribution in [0.1, 0.15) is 0 Å². The summed E-state index contributed by atoms with van der Waals surface area (Å²) in [5, 5.41) is 4.30. The van der Waals surface area contributed by atoms with Crippen LogP contribution < -0.4 is 0 Å². The van der Waals surface area contributed by atoms with E-state index in [1.165, 1.54) is 0 Å².